The summed E-state index contributed by atoms with van der Waals surface area (Å²) >= 11 is 0. The predicted molar refractivity (Wildman–Crippen MR) is 336 cm³/mol. The maximum Gasteiger partial charge on any atom is 0.402 e. The number of alkyl halides is 6. The summed E-state index contributed by atoms with van der Waals surface area (Å²) in [5, 5.41) is 0. The van der Waals surface area contributed by atoms with Gasteiger partial charge in [0.2, 0.25) is 0 Å². The molecular formula is C70H127F6NO10. The molecule has 0 N–H and O–H groups in total. The first-order chi connectivity index (χ1) is 41.9. The van der Waals surface area contributed by atoms with Gasteiger partial charge in [-0.3, -0.25) is 14.4 Å². The molecule has 0 saturated heterocycles. The van der Waals surface area contributed by atoms with Gasteiger partial charge in [-0.05, 0) is 133 Å². The second-order valence-corrected chi connectivity index (χ2v) is 26.1. The van der Waals surface area contributed by atoms with Gasteiger partial charge in [0.15, 0.2) is 24.4 Å². The Morgan fingerprint density at radius 1 is 0.437 bits per heavy atom. The number of fused-ring (bicyclic) bond motifs is 2. The van der Waals surface area contributed by atoms with E-state index in [0.717, 1.165) is 219 Å². The zero-order valence-electron chi connectivity index (χ0n) is 56.0. The lowest BCUT2D eigenvalue weighted by Gasteiger charge is -2.56. The minimum atomic E-state index is -4.86. The van der Waals surface area contributed by atoms with Crippen molar-refractivity contribution in [3.05, 3.63) is 0 Å². The van der Waals surface area contributed by atoms with Crippen molar-refractivity contribution in [3.63, 3.8) is 0 Å². The molecule has 0 radical (unpaired) electrons. The molecule has 0 aliphatic heterocycles. The van der Waals surface area contributed by atoms with Crippen molar-refractivity contribution < 1.29 is 73.9 Å². The summed E-state index contributed by atoms with van der Waals surface area (Å²) in [6.45, 7) is 16.6. The van der Waals surface area contributed by atoms with Crippen molar-refractivity contribution in [2.75, 3.05) is 65.9 Å². The van der Waals surface area contributed by atoms with Crippen LogP contribution in [0.5, 0.6) is 0 Å². The third-order valence-electron chi connectivity index (χ3n) is 18.5. The number of halogens is 6. The average Bonchev–Trinajstić information content (AvgIpc) is 2.84. The second-order valence-electron chi connectivity index (χ2n) is 26.1. The molecular weight excluding hydrogens is 1130 g/mol. The van der Waals surface area contributed by atoms with Gasteiger partial charge in [-0.2, -0.15) is 26.3 Å². The van der Waals surface area contributed by atoms with Crippen LogP contribution in [0.3, 0.4) is 0 Å². The summed E-state index contributed by atoms with van der Waals surface area (Å²) < 4.78 is 129. The number of unbranched alkanes of at least 4 members (excludes halogenated alkanes) is 22. The first-order valence-corrected chi connectivity index (χ1v) is 35.7. The average molecular weight is 1260 g/mol. The van der Waals surface area contributed by atoms with E-state index >= 15 is 0 Å². The summed E-state index contributed by atoms with van der Waals surface area (Å²) in [6.07, 6.45) is 22.5. The Hall–Kier alpha value is -2.21. The van der Waals surface area contributed by atoms with Gasteiger partial charge >= 0.3 is 30.3 Å². The molecule has 0 aromatic heterocycles. The van der Waals surface area contributed by atoms with Gasteiger partial charge in [0.25, 0.3) is 0 Å². The van der Waals surface area contributed by atoms with Gasteiger partial charge in [0, 0.05) is 45.7 Å². The van der Waals surface area contributed by atoms with Crippen LogP contribution in [0.1, 0.15) is 311 Å². The Bertz CT molecular complexity index is 1560. The topological polar surface area (TPSA) is 119 Å². The van der Waals surface area contributed by atoms with Gasteiger partial charge in [0.05, 0.1) is 19.8 Å². The minimum Gasteiger partial charge on any atom is -0.466 e. The number of hydrogen-bond donors (Lipinski definition) is 0. The van der Waals surface area contributed by atoms with Crippen LogP contribution < -0.4 is 0 Å². The maximum absolute atomic E-state index is 14.8. The van der Waals surface area contributed by atoms with E-state index in [9.17, 15) is 40.7 Å². The molecule has 2 aliphatic carbocycles. The third kappa shape index (κ3) is 38.4. The highest BCUT2D eigenvalue weighted by molar-refractivity contribution is 5.73. The lowest BCUT2D eigenvalue weighted by atomic mass is 9.49. The van der Waals surface area contributed by atoms with Crippen LogP contribution in [-0.2, 0) is 47.5 Å². The van der Waals surface area contributed by atoms with Gasteiger partial charge < -0.3 is 38.1 Å². The van der Waals surface area contributed by atoms with Crippen molar-refractivity contribution in [1.29, 1.82) is 0 Å². The molecule has 17 heteroatoms. The van der Waals surface area contributed by atoms with Crippen molar-refractivity contribution in [3.8, 4) is 0 Å². The molecule has 4 unspecified atom stereocenters. The largest absolute Gasteiger partial charge is 0.466 e. The zero-order valence-corrected chi connectivity index (χ0v) is 56.0. The van der Waals surface area contributed by atoms with Crippen LogP contribution in [0.2, 0.25) is 0 Å². The molecule has 0 spiro atoms. The normalized spacial score (nSPS) is 18.9. The number of esters is 3. The Kier molecular flexibility index (Phi) is 46.0. The van der Waals surface area contributed by atoms with Gasteiger partial charge in [0.1, 0.15) is 0 Å². The predicted octanol–water partition coefficient (Wildman–Crippen LogP) is 20.1. The smallest absolute Gasteiger partial charge is 0.402 e. The van der Waals surface area contributed by atoms with Crippen LogP contribution in [0, 0.1) is 28.6 Å². The van der Waals surface area contributed by atoms with E-state index in [1.165, 1.54) is 0 Å². The first kappa shape index (κ1) is 80.9. The van der Waals surface area contributed by atoms with Crippen molar-refractivity contribution in [1.82, 2.24) is 4.90 Å². The third-order valence-corrected chi connectivity index (χ3v) is 18.5. The monoisotopic (exact) mass is 1260 g/mol. The second kappa shape index (κ2) is 49.4. The Balaban J connectivity index is 2.19. The molecule has 0 heterocycles. The molecule has 2 aliphatic rings. The van der Waals surface area contributed by atoms with Gasteiger partial charge in [-0.25, -0.2) is 0 Å². The van der Waals surface area contributed by atoms with Crippen LogP contribution in [0.25, 0.3) is 0 Å². The molecule has 2 bridgehead atoms. The SMILES string of the molecule is CCCCCCCCOC(CC(C(=O)OCCCC12CCCC(CCCOC(=O)C(CC(OCCCCCCCC)OCCCCCCCC)C(F)(F)F)(CC(CCCCCOC(=O)CCCN(CC)CC)C1)C2)C(F)(F)F)OCCCCCCCC. The molecule has 2 fully saturated rings. The van der Waals surface area contributed by atoms with Gasteiger partial charge in [-0.15, -0.1) is 0 Å². The van der Waals surface area contributed by atoms with Crippen LogP contribution in [0.4, 0.5) is 26.3 Å². The molecule has 11 nitrogen and oxygen atoms in total. The molecule has 2 rings (SSSR count). The number of rotatable bonds is 58. The van der Waals surface area contributed by atoms with E-state index in [1.807, 2.05) is 0 Å². The van der Waals surface area contributed by atoms with E-state index in [-0.39, 0.29) is 56.4 Å². The molecule has 0 amide bonds. The highest BCUT2D eigenvalue weighted by atomic mass is 19.4. The molecule has 2 saturated carbocycles. The fourth-order valence-electron chi connectivity index (χ4n) is 13.6. The number of hydrogen-bond acceptors (Lipinski definition) is 11. The fourth-order valence-corrected chi connectivity index (χ4v) is 13.6. The van der Waals surface area contributed by atoms with E-state index < -0.39 is 61.5 Å². The lowest BCUT2D eigenvalue weighted by Crippen LogP contribution is -2.44. The molecule has 514 valence electrons. The maximum atomic E-state index is 14.8. The Morgan fingerprint density at radius 2 is 0.782 bits per heavy atom. The van der Waals surface area contributed by atoms with E-state index in [1.54, 1.807) is 0 Å². The minimum absolute atomic E-state index is 0.160. The lowest BCUT2D eigenvalue weighted by molar-refractivity contribution is -0.223. The molecule has 87 heavy (non-hydrogen) atoms. The Labute approximate surface area is 525 Å². The zero-order chi connectivity index (χ0) is 63.9. The van der Waals surface area contributed by atoms with Crippen molar-refractivity contribution in [2.45, 2.75) is 336 Å². The highest BCUT2D eigenvalue weighted by Gasteiger charge is 2.51. The summed E-state index contributed by atoms with van der Waals surface area (Å²) in [7, 11) is 0. The van der Waals surface area contributed by atoms with Crippen LogP contribution in [-0.4, -0.2) is 114 Å². The van der Waals surface area contributed by atoms with E-state index in [4.69, 9.17) is 33.2 Å². The van der Waals surface area contributed by atoms with Crippen molar-refractivity contribution in [2.24, 2.45) is 28.6 Å². The fraction of sp³-hybridized carbons (Fsp3) is 0.957. The number of ether oxygens (including phenoxy) is 7. The standard InChI is InChI=1S/C70H127F6NO10/c1-7-13-17-21-25-31-48-82-63(83-49-32-26-22-18-14-8-2)54-60(69(71,72)73)65(79)86-52-38-44-67-42-37-43-68(58-67,57-59(56-67)40-30-29-35-47-81-62(78)41-36-46-77(11-5)12-6)45-39-53-87-66(80)61(70(74,75)76)55-64(84-50-33-27-23-19-15-9-3)85-51-34-28-24-20-16-10-4/h59-61,63-64H,7-58H2,1-6H3. The summed E-state index contributed by atoms with van der Waals surface area (Å²) in [6, 6.07) is 0. The van der Waals surface area contributed by atoms with E-state index in [2.05, 4.69) is 46.4 Å². The number of carbonyl (C=O) groups excluding carboxylic acids is 3. The highest BCUT2D eigenvalue weighted by Crippen LogP contribution is 2.61. The van der Waals surface area contributed by atoms with Crippen molar-refractivity contribution >= 4 is 17.9 Å². The number of carbonyl (C=O) groups is 3. The van der Waals surface area contributed by atoms with E-state index in [0.29, 0.717) is 70.3 Å². The Morgan fingerprint density at radius 3 is 1.15 bits per heavy atom. The first-order valence-electron chi connectivity index (χ1n) is 35.7. The van der Waals surface area contributed by atoms with Gasteiger partial charge in [-0.1, -0.05) is 196 Å². The molecule has 4 atom stereocenters. The summed E-state index contributed by atoms with van der Waals surface area (Å²) in [5.74, 6) is -7.30. The quantitative estimate of drug-likeness (QED) is 0.0190. The van der Waals surface area contributed by atoms with Crippen LogP contribution >= 0.6 is 0 Å². The number of nitrogens with zero attached hydrogens (tertiary/aromatic N) is 1. The molecule has 0 aromatic rings. The summed E-state index contributed by atoms with van der Waals surface area (Å²) in [5.41, 5.74) is -0.342. The van der Waals surface area contributed by atoms with Crippen LogP contribution in [0.15, 0.2) is 0 Å². The summed E-state index contributed by atoms with van der Waals surface area (Å²) in [4.78, 5) is 41.8. The molecule has 0 aromatic carbocycles.